The maximum Gasteiger partial charge on any atom is 0.337 e. The lowest BCUT2D eigenvalue weighted by atomic mass is 10.2. The zero-order valence-electron chi connectivity index (χ0n) is 9.64. The summed E-state index contributed by atoms with van der Waals surface area (Å²) in [5.74, 6) is -0.360. The highest BCUT2D eigenvalue weighted by Crippen LogP contribution is 2.30. The molecule has 0 saturated carbocycles. The van der Waals surface area contributed by atoms with Crippen LogP contribution in [0.4, 0.5) is 0 Å². The number of carbonyl (C=O) groups is 1. The average molecular weight is 314 g/mol. The second-order valence-electron chi connectivity index (χ2n) is 3.69. The Bertz CT molecular complexity index is 602. The Hall–Kier alpha value is -1.23. The molecule has 2 rings (SSSR count). The van der Waals surface area contributed by atoms with Gasteiger partial charge in [0.1, 0.15) is 0 Å². The number of pyridine rings is 1. The van der Waals surface area contributed by atoms with Gasteiger partial charge >= 0.3 is 5.97 Å². The molecule has 0 fully saturated rings. The van der Waals surface area contributed by atoms with Crippen LogP contribution in [0.2, 0.25) is 10.0 Å². The SMILES string of the molecule is O=C(O)c1ccc(SCc2cccc(Cl)c2Cl)nc1. The van der Waals surface area contributed by atoms with Gasteiger partial charge in [-0.15, -0.1) is 11.8 Å². The van der Waals surface area contributed by atoms with Crippen molar-refractivity contribution in [3.63, 3.8) is 0 Å². The van der Waals surface area contributed by atoms with Crippen molar-refractivity contribution in [2.45, 2.75) is 10.8 Å². The van der Waals surface area contributed by atoms with Crippen LogP contribution < -0.4 is 0 Å². The topological polar surface area (TPSA) is 50.2 Å². The van der Waals surface area contributed by atoms with Crippen LogP contribution >= 0.6 is 35.0 Å². The molecule has 0 spiro atoms. The Morgan fingerprint density at radius 1 is 1.26 bits per heavy atom. The fraction of sp³-hybridized carbons (Fsp3) is 0.0769. The van der Waals surface area contributed by atoms with E-state index < -0.39 is 5.97 Å². The molecule has 0 unspecified atom stereocenters. The van der Waals surface area contributed by atoms with Crippen LogP contribution in [0.1, 0.15) is 15.9 Å². The molecule has 3 nitrogen and oxygen atoms in total. The van der Waals surface area contributed by atoms with Crippen molar-refractivity contribution in [3.8, 4) is 0 Å². The predicted molar refractivity (Wildman–Crippen MR) is 77.2 cm³/mol. The Morgan fingerprint density at radius 2 is 2.05 bits per heavy atom. The summed E-state index contributed by atoms with van der Waals surface area (Å²) in [6.07, 6.45) is 1.34. The molecule has 19 heavy (non-hydrogen) atoms. The van der Waals surface area contributed by atoms with Crippen LogP contribution in [0, 0.1) is 0 Å². The molecular weight excluding hydrogens is 305 g/mol. The third kappa shape index (κ3) is 3.62. The summed E-state index contributed by atoms with van der Waals surface area (Å²) < 4.78 is 0. The monoisotopic (exact) mass is 313 g/mol. The normalized spacial score (nSPS) is 10.4. The average Bonchev–Trinajstić information content (AvgIpc) is 2.41. The lowest BCUT2D eigenvalue weighted by Gasteiger charge is -2.05. The number of nitrogens with zero attached hydrogens (tertiary/aromatic N) is 1. The van der Waals surface area contributed by atoms with Crippen molar-refractivity contribution in [1.29, 1.82) is 0 Å². The summed E-state index contributed by atoms with van der Waals surface area (Å²) in [5, 5.41) is 10.6. The number of benzene rings is 1. The van der Waals surface area contributed by atoms with Gasteiger partial charge < -0.3 is 5.11 Å². The Morgan fingerprint density at radius 3 is 2.68 bits per heavy atom. The van der Waals surface area contributed by atoms with Crippen molar-refractivity contribution >= 4 is 40.9 Å². The van der Waals surface area contributed by atoms with Gasteiger partial charge in [0.25, 0.3) is 0 Å². The summed E-state index contributed by atoms with van der Waals surface area (Å²) in [7, 11) is 0. The van der Waals surface area contributed by atoms with E-state index in [1.807, 2.05) is 12.1 Å². The van der Waals surface area contributed by atoms with E-state index in [9.17, 15) is 4.79 Å². The first-order chi connectivity index (χ1) is 9.08. The van der Waals surface area contributed by atoms with Crippen molar-refractivity contribution in [2.24, 2.45) is 0 Å². The molecule has 1 N–H and O–H groups in total. The molecule has 0 radical (unpaired) electrons. The number of aromatic nitrogens is 1. The van der Waals surface area contributed by atoms with Crippen LogP contribution in [0.3, 0.4) is 0 Å². The van der Waals surface area contributed by atoms with E-state index in [1.54, 1.807) is 12.1 Å². The van der Waals surface area contributed by atoms with Gasteiger partial charge in [0, 0.05) is 11.9 Å². The number of halogens is 2. The molecule has 0 aliphatic heterocycles. The highest BCUT2D eigenvalue weighted by atomic mass is 35.5. The molecular formula is C13H9Cl2NO2S. The van der Waals surface area contributed by atoms with Crippen LogP contribution in [-0.2, 0) is 5.75 Å². The Labute approximate surface area is 124 Å². The molecule has 1 aromatic carbocycles. The summed E-state index contributed by atoms with van der Waals surface area (Å²) in [6, 6.07) is 8.67. The van der Waals surface area contributed by atoms with E-state index in [2.05, 4.69) is 4.98 Å². The van der Waals surface area contributed by atoms with Gasteiger partial charge in [-0.2, -0.15) is 0 Å². The number of carboxylic acids is 1. The standard InChI is InChI=1S/C13H9Cl2NO2S/c14-10-3-1-2-9(12(10)15)7-19-11-5-4-8(6-16-11)13(17)18/h1-6H,7H2,(H,17,18). The second-order valence-corrected chi connectivity index (χ2v) is 5.47. The van der Waals surface area contributed by atoms with Crippen LogP contribution in [-0.4, -0.2) is 16.1 Å². The van der Waals surface area contributed by atoms with Gasteiger partial charge in [0.15, 0.2) is 0 Å². The molecule has 1 heterocycles. The first-order valence-corrected chi connectivity index (χ1v) is 7.07. The second kappa shape index (κ2) is 6.28. The summed E-state index contributed by atoms with van der Waals surface area (Å²) >= 11 is 13.5. The minimum atomic E-state index is -0.984. The fourth-order valence-electron chi connectivity index (χ4n) is 1.40. The number of aromatic carboxylic acids is 1. The molecule has 0 atom stereocenters. The number of rotatable bonds is 4. The third-order valence-corrected chi connectivity index (χ3v) is 4.24. The molecule has 1 aromatic heterocycles. The summed E-state index contributed by atoms with van der Waals surface area (Å²) in [5.41, 5.74) is 1.09. The Balaban J connectivity index is 2.06. The van der Waals surface area contributed by atoms with Gasteiger partial charge in [-0.3, -0.25) is 0 Å². The molecule has 2 aromatic rings. The first-order valence-electron chi connectivity index (χ1n) is 5.33. The van der Waals surface area contributed by atoms with Crippen LogP contribution in [0.15, 0.2) is 41.6 Å². The van der Waals surface area contributed by atoms with Gasteiger partial charge in [0.05, 0.1) is 20.6 Å². The van der Waals surface area contributed by atoms with Crippen LogP contribution in [0.25, 0.3) is 0 Å². The van der Waals surface area contributed by atoms with Gasteiger partial charge in [-0.05, 0) is 23.8 Å². The maximum atomic E-state index is 10.7. The number of carboxylic acid groups (broad SMARTS) is 1. The van der Waals surface area contributed by atoms with E-state index in [1.165, 1.54) is 24.0 Å². The van der Waals surface area contributed by atoms with Gasteiger partial charge in [-0.25, -0.2) is 9.78 Å². The molecule has 0 aliphatic rings. The van der Waals surface area contributed by atoms with Gasteiger partial charge in [0.2, 0.25) is 0 Å². The minimum absolute atomic E-state index is 0.171. The number of thioether (sulfide) groups is 1. The van der Waals surface area contributed by atoms with Crippen molar-refractivity contribution in [3.05, 3.63) is 57.7 Å². The molecule has 0 bridgehead atoms. The summed E-state index contributed by atoms with van der Waals surface area (Å²) in [4.78, 5) is 14.8. The van der Waals surface area contributed by atoms with E-state index >= 15 is 0 Å². The van der Waals surface area contributed by atoms with Gasteiger partial charge in [-0.1, -0.05) is 35.3 Å². The van der Waals surface area contributed by atoms with Crippen molar-refractivity contribution in [1.82, 2.24) is 4.98 Å². The van der Waals surface area contributed by atoms with E-state index in [0.29, 0.717) is 15.8 Å². The molecule has 0 aliphatic carbocycles. The zero-order valence-corrected chi connectivity index (χ0v) is 12.0. The van der Waals surface area contributed by atoms with Crippen molar-refractivity contribution < 1.29 is 9.90 Å². The highest BCUT2D eigenvalue weighted by Gasteiger charge is 2.07. The van der Waals surface area contributed by atoms with Crippen molar-refractivity contribution in [2.75, 3.05) is 0 Å². The fourth-order valence-corrected chi connectivity index (χ4v) is 2.71. The molecule has 0 amide bonds. The maximum absolute atomic E-state index is 10.7. The van der Waals surface area contributed by atoms with E-state index in [4.69, 9.17) is 28.3 Å². The number of hydrogen-bond acceptors (Lipinski definition) is 3. The molecule has 6 heteroatoms. The lowest BCUT2D eigenvalue weighted by Crippen LogP contribution is -1.96. The Kier molecular flexibility index (Phi) is 4.69. The zero-order chi connectivity index (χ0) is 13.8. The lowest BCUT2D eigenvalue weighted by molar-refractivity contribution is 0.0696. The minimum Gasteiger partial charge on any atom is -0.478 e. The third-order valence-electron chi connectivity index (χ3n) is 2.39. The number of hydrogen-bond donors (Lipinski definition) is 1. The summed E-state index contributed by atoms with van der Waals surface area (Å²) in [6.45, 7) is 0. The molecule has 0 saturated heterocycles. The quantitative estimate of drug-likeness (QED) is 0.851. The van der Waals surface area contributed by atoms with E-state index in [-0.39, 0.29) is 5.56 Å². The van der Waals surface area contributed by atoms with E-state index in [0.717, 1.165) is 10.6 Å². The highest BCUT2D eigenvalue weighted by molar-refractivity contribution is 7.98. The molecule has 98 valence electrons. The predicted octanol–water partition coefficient (Wildman–Crippen LogP) is 4.38. The largest absolute Gasteiger partial charge is 0.478 e. The first kappa shape index (κ1) is 14.2. The smallest absolute Gasteiger partial charge is 0.337 e. The van der Waals surface area contributed by atoms with Crippen LogP contribution in [0.5, 0.6) is 0 Å².